The molecule has 0 spiro atoms. The Balaban J connectivity index is 1.51. The standard InChI is InChI=1S/C22H14N2O7S/c25-20-19(32-22(28)23(20)12-13-2-1-3-16(10-13)24(29)30)11-17-8-9-18(31-17)14-4-6-15(7-5-14)21(26)27/h1-11H,12H2,(H,26,27)/b19-11+. The summed E-state index contributed by atoms with van der Waals surface area (Å²) in [5.41, 5.74) is 1.16. The van der Waals surface area contributed by atoms with Crippen molar-refractivity contribution in [1.82, 2.24) is 4.90 Å². The zero-order valence-electron chi connectivity index (χ0n) is 16.3. The van der Waals surface area contributed by atoms with Gasteiger partial charge in [0.25, 0.3) is 16.8 Å². The van der Waals surface area contributed by atoms with Crippen molar-refractivity contribution in [2.24, 2.45) is 0 Å². The van der Waals surface area contributed by atoms with Crippen LogP contribution in [0.3, 0.4) is 0 Å². The average molecular weight is 450 g/mol. The summed E-state index contributed by atoms with van der Waals surface area (Å²) >= 11 is 0.756. The SMILES string of the molecule is O=C(O)c1ccc(-c2ccc(/C=C3/SC(=O)N(Cc4cccc([N+](=O)[O-])c4)C3=O)o2)cc1. The Morgan fingerprint density at radius 3 is 2.56 bits per heavy atom. The van der Waals surface area contributed by atoms with E-state index in [1.807, 2.05) is 0 Å². The summed E-state index contributed by atoms with van der Waals surface area (Å²) < 4.78 is 5.72. The van der Waals surface area contributed by atoms with Crippen LogP contribution in [0.2, 0.25) is 0 Å². The lowest BCUT2D eigenvalue weighted by Crippen LogP contribution is -2.27. The molecule has 10 heteroatoms. The maximum Gasteiger partial charge on any atom is 0.335 e. The van der Waals surface area contributed by atoms with E-state index in [1.54, 1.807) is 30.3 Å². The zero-order valence-corrected chi connectivity index (χ0v) is 17.1. The summed E-state index contributed by atoms with van der Waals surface area (Å²) in [5.74, 6) is -0.722. The molecule has 4 rings (SSSR count). The number of benzene rings is 2. The van der Waals surface area contributed by atoms with Gasteiger partial charge in [-0.25, -0.2) is 4.79 Å². The van der Waals surface area contributed by atoms with Crippen LogP contribution in [0.1, 0.15) is 21.7 Å². The van der Waals surface area contributed by atoms with Crippen LogP contribution in [0.15, 0.2) is 70.0 Å². The highest BCUT2D eigenvalue weighted by atomic mass is 32.2. The first-order valence-electron chi connectivity index (χ1n) is 9.24. The molecule has 9 nitrogen and oxygen atoms in total. The Morgan fingerprint density at radius 1 is 1.12 bits per heavy atom. The third-order valence-electron chi connectivity index (χ3n) is 4.65. The van der Waals surface area contributed by atoms with Gasteiger partial charge in [-0.15, -0.1) is 0 Å². The molecule has 1 aliphatic heterocycles. The van der Waals surface area contributed by atoms with E-state index in [4.69, 9.17) is 9.52 Å². The van der Waals surface area contributed by atoms with Crippen LogP contribution in [-0.4, -0.2) is 32.0 Å². The number of carbonyl (C=O) groups is 3. The number of amides is 2. The van der Waals surface area contributed by atoms with Crippen molar-refractivity contribution >= 4 is 40.6 Å². The van der Waals surface area contributed by atoms with Crippen molar-refractivity contribution in [1.29, 1.82) is 0 Å². The highest BCUT2D eigenvalue weighted by molar-refractivity contribution is 8.18. The fraction of sp³-hybridized carbons (Fsp3) is 0.0455. The van der Waals surface area contributed by atoms with Crippen molar-refractivity contribution in [3.05, 3.63) is 92.6 Å². The molecule has 3 aromatic rings. The third-order valence-corrected chi connectivity index (χ3v) is 5.56. The van der Waals surface area contributed by atoms with Crippen LogP contribution in [0.5, 0.6) is 0 Å². The van der Waals surface area contributed by atoms with Gasteiger partial charge in [-0.1, -0.05) is 24.3 Å². The number of furan rings is 1. The van der Waals surface area contributed by atoms with Crippen LogP contribution in [0, 0.1) is 10.1 Å². The fourth-order valence-corrected chi connectivity index (χ4v) is 3.90. The van der Waals surface area contributed by atoms with Gasteiger partial charge in [0.2, 0.25) is 0 Å². The Bertz CT molecular complexity index is 1280. The Kier molecular flexibility index (Phi) is 5.61. The van der Waals surface area contributed by atoms with E-state index in [0.717, 1.165) is 16.7 Å². The molecular formula is C22H14N2O7S. The molecular weight excluding hydrogens is 436 g/mol. The average Bonchev–Trinajstić information content (AvgIpc) is 3.34. The number of thioether (sulfide) groups is 1. The normalized spacial score (nSPS) is 14.9. The van der Waals surface area contributed by atoms with Gasteiger partial charge in [-0.2, -0.15) is 0 Å². The molecule has 2 heterocycles. The lowest BCUT2D eigenvalue weighted by molar-refractivity contribution is -0.384. The predicted octanol–water partition coefficient (Wildman–Crippen LogP) is 4.79. The monoisotopic (exact) mass is 450 g/mol. The number of carbonyl (C=O) groups excluding carboxylic acids is 2. The molecule has 1 fully saturated rings. The molecule has 2 amide bonds. The molecule has 0 aliphatic carbocycles. The van der Waals surface area contributed by atoms with Crippen LogP contribution in [0.4, 0.5) is 10.5 Å². The molecule has 0 unspecified atom stereocenters. The number of hydrogen-bond acceptors (Lipinski definition) is 7. The molecule has 2 aromatic carbocycles. The number of imide groups is 1. The number of aromatic carboxylic acids is 1. The summed E-state index contributed by atoms with van der Waals surface area (Å²) in [6.45, 7) is -0.0803. The molecule has 1 N–H and O–H groups in total. The maximum absolute atomic E-state index is 12.7. The van der Waals surface area contributed by atoms with Gasteiger partial charge in [0.1, 0.15) is 11.5 Å². The van der Waals surface area contributed by atoms with Gasteiger partial charge in [-0.05, 0) is 41.6 Å². The van der Waals surface area contributed by atoms with E-state index in [9.17, 15) is 24.5 Å². The number of carboxylic acids is 1. The van der Waals surface area contributed by atoms with Gasteiger partial charge in [0, 0.05) is 23.8 Å². The van der Waals surface area contributed by atoms with E-state index in [1.165, 1.54) is 36.4 Å². The van der Waals surface area contributed by atoms with Crippen LogP contribution < -0.4 is 0 Å². The molecule has 0 bridgehead atoms. The molecule has 32 heavy (non-hydrogen) atoms. The van der Waals surface area contributed by atoms with Crippen molar-refractivity contribution < 1.29 is 28.8 Å². The number of hydrogen-bond donors (Lipinski definition) is 1. The second-order valence-electron chi connectivity index (χ2n) is 6.78. The molecule has 160 valence electrons. The number of carboxylic acid groups (broad SMARTS) is 1. The van der Waals surface area contributed by atoms with Crippen LogP contribution >= 0.6 is 11.8 Å². The van der Waals surface area contributed by atoms with Gasteiger partial charge in [0.15, 0.2) is 0 Å². The maximum atomic E-state index is 12.7. The minimum Gasteiger partial charge on any atom is -0.478 e. The zero-order chi connectivity index (χ0) is 22.8. The Labute approximate surface area is 185 Å². The third kappa shape index (κ3) is 4.30. The number of nitro groups is 1. The number of rotatable bonds is 6. The predicted molar refractivity (Wildman–Crippen MR) is 116 cm³/mol. The first-order valence-corrected chi connectivity index (χ1v) is 10.1. The summed E-state index contributed by atoms with van der Waals surface area (Å²) in [7, 11) is 0. The van der Waals surface area contributed by atoms with Crippen molar-refractivity contribution in [3.63, 3.8) is 0 Å². The van der Waals surface area contributed by atoms with Crippen LogP contribution in [-0.2, 0) is 11.3 Å². The van der Waals surface area contributed by atoms with Crippen LogP contribution in [0.25, 0.3) is 17.4 Å². The van der Waals surface area contributed by atoms with Gasteiger partial charge >= 0.3 is 5.97 Å². The molecule has 0 saturated carbocycles. The van der Waals surface area contributed by atoms with Crippen molar-refractivity contribution in [3.8, 4) is 11.3 Å². The first-order chi connectivity index (χ1) is 15.3. The first kappa shape index (κ1) is 21.1. The number of nitro benzene ring substituents is 1. The second-order valence-corrected chi connectivity index (χ2v) is 7.77. The summed E-state index contributed by atoms with van der Waals surface area (Å²) in [6.07, 6.45) is 1.45. The quantitative estimate of drug-likeness (QED) is 0.322. The van der Waals surface area contributed by atoms with Gasteiger partial charge < -0.3 is 9.52 Å². The van der Waals surface area contributed by atoms with Gasteiger partial charge in [-0.3, -0.25) is 24.6 Å². The summed E-state index contributed by atoms with van der Waals surface area (Å²) in [6, 6.07) is 15.2. The van der Waals surface area contributed by atoms with E-state index >= 15 is 0 Å². The second kappa shape index (κ2) is 8.52. The van der Waals surface area contributed by atoms with E-state index in [-0.39, 0.29) is 22.7 Å². The molecule has 0 atom stereocenters. The van der Waals surface area contributed by atoms with Crippen molar-refractivity contribution in [2.75, 3.05) is 0 Å². The lowest BCUT2D eigenvalue weighted by atomic mass is 10.1. The minimum atomic E-state index is -1.03. The molecule has 1 saturated heterocycles. The summed E-state index contributed by atoms with van der Waals surface area (Å²) in [4.78, 5) is 47.6. The summed E-state index contributed by atoms with van der Waals surface area (Å²) in [5, 5.41) is 19.4. The smallest absolute Gasteiger partial charge is 0.335 e. The number of non-ortho nitro benzene ring substituents is 1. The van der Waals surface area contributed by atoms with E-state index in [2.05, 4.69) is 0 Å². The molecule has 0 radical (unpaired) electrons. The minimum absolute atomic E-state index is 0.0803. The highest BCUT2D eigenvalue weighted by Crippen LogP contribution is 2.34. The molecule has 1 aliphatic rings. The van der Waals surface area contributed by atoms with E-state index in [0.29, 0.717) is 22.6 Å². The Morgan fingerprint density at radius 2 is 1.88 bits per heavy atom. The topological polar surface area (TPSA) is 131 Å². The highest BCUT2D eigenvalue weighted by Gasteiger charge is 2.35. The lowest BCUT2D eigenvalue weighted by Gasteiger charge is -2.12. The van der Waals surface area contributed by atoms with Crippen molar-refractivity contribution in [2.45, 2.75) is 6.54 Å². The van der Waals surface area contributed by atoms with Gasteiger partial charge in [0.05, 0.1) is 21.9 Å². The fourth-order valence-electron chi connectivity index (χ4n) is 3.08. The largest absolute Gasteiger partial charge is 0.478 e. The Hall–Kier alpha value is -4.18. The van der Waals surface area contributed by atoms with E-state index < -0.39 is 22.0 Å². The number of nitrogens with zero attached hydrogens (tertiary/aromatic N) is 2. The molecule has 1 aromatic heterocycles.